The number of aromatic nitrogens is 2. The van der Waals surface area contributed by atoms with Gasteiger partial charge in [-0.05, 0) is 32.8 Å². The lowest BCUT2D eigenvalue weighted by Crippen LogP contribution is -2.42. The van der Waals surface area contributed by atoms with Crippen molar-refractivity contribution in [2.24, 2.45) is 5.92 Å². The SMILES string of the molecule is Cc1cc(C)nc(N2CCCC(C(F)(F)F)C2)n1. The van der Waals surface area contributed by atoms with Gasteiger partial charge in [-0.15, -0.1) is 0 Å². The first-order chi connectivity index (χ1) is 8.36. The van der Waals surface area contributed by atoms with E-state index in [0.29, 0.717) is 18.9 Å². The van der Waals surface area contributed by atoms with Gasteiger partial charge in [0.2, 0.25) is 5.95 Å². The van der Waals surface area contributed by atoms with Gasteiger partial charge in [-0.1, -0.05) is 0 Å². The highest BCUT2D eigenvalue weighted by molar-refractivity contribution is 5.33. The maximum absolute atomic E-state index is 12.7. The van der Waals surface area contributed by atoms with Crippen LogP contribution >= 0.6 is 0 Å². The summed E-state index contributed by atoms with van der Waals surface area (Å²) in [6.07, 6.45) is -3.40. The summed E-state index contributed by atoms with van der Waals surface area (Å²) in [6.45, 7) is 4.20. The average molecular weight is 259 g/mol. The molecule has 1 aromatic heterocycles. The highest BCUT2D eigenvalue weighted by Crippen LogP contribution is 2.34. The minimum absolute atomic E-state index is 0.0353. The van der Waals surface area contributed by atoms with Crippen LogP contribution in [-0.2, 0) is 0 Å². The lowest BCUT2D eigenvalue weighted by molar-refractivity contribution is -0.176. The third kappa shape index (κ3) is 2.91. The second-order valence-electron chi connectivity index (χ2n) is 4.78. The molecule has 1 atom stereocenters. The van der Waals surface area contributed by atoms with E-state index in [1.54, 1.807) is 4.90 Å². The average Bonchev–Trinajstić information content (AvgIpc) is 2.27. The minimum atomic E-state index is -4.13. The minimum Gasteiger partial charge on any atom is -0.340 e. The molecule has 1 unspecified atom stereocenters. The Hall–Kier alpha value is -1.33. The number of hydrogen-bond acceptors (Lipinski definition) is 3. The van der Waals surface area contributed by atoms with Gasteiger partial charge in [0, 0.05) is 24.5 Å². The fourth-order valence-corrected chi connectivity index (χ4v) is 2.27. The van der Waals surface area contributed by atoms with Crippen molar-refractivity contribution in [3.05, 3.63) is 17.5 Å². The van der Waals surface area contributed by atoms with E-state index in [2.05, 4.69) is 9.97 Å². The third-order valence-electron chi connectivity index (χ3n) is 3.14. The van der Waals surface area contributed by atoms with Crippen molar-refractivity contribution in [2.45, 2.75) is 32.9 Å². The quantitative estimate of drug-likeness (QED) is 0.776. The number of nitrogens with zero attached hydrogens (tertiary/aromatic N) is 3. The van der Waals surface area contributed by atoms with Gasteiger partial charge in [0.05, 0.1) is 5.92 Å². The lowest BCUT2D eigenvalue weighted by atomic mass is 9.98. The van der Waals surface area contributed by atoms with Crippen LogP contribution in [0.4, 0.5) is 19.1 Å². The molecule has 0 radical (unpaired) electrons. The monoisotopic (exact) mass is 259 g/mol. The molecule has 6 heteroatoms. The van der Waals surface area contributed by atoms with Crippen LogP contribution in [-0.4, -0.2) is 29.2 Å². The predicted octanol–water partition coefficient (Wildman–Crippen LogP) is 2.87. The molecular formula is C12H16F3N3. The molecule has 0 N–H and O–H groups in total. The molecule has 0 aliphatic carbocycles. The Kier molecular flexibility index (Phi) is 3.45. The van der Waals surface area contributed by atoms with E-state index in [4.69, 9.17) is 0 Å². The summed E-state index contributed by atoms with van der Waals surface area (Å²) in [7, 11) is 0. The van der Waals surface area contributed by atoms with Crippen LogP contribution in [0.25, 0.3) is 0 Å². The van der Waals surface area contributed by atoms with E-state index >= 15 is 0 Å². The Morgan fingerprint density at radius 1 is 1.22 bits per heavy atom. The molecule has 0 saturated carbocycles. The van der Waals surface area contributed by atoms with Gasteiger partial charge >= 0.3 is 6.18 Å². The Balaban J connectivity index is 2.18. The second kappa shape index (κ2) is 4.74. The van der Waals surface area contributed by atoms with Crippen molar-refractivity contribution >= 4 is 5.95 Å². The van der Waals surface area contributed by atoms with Crippen molar-refractivity contribution in [3.8, 4) is 0 Å². The fraction of sp³-hybridized carbons (Fsp3) is 0.667. The molecule has 2 heterocycles. The zero-order chi connectivity index (χ0) is 13.3. The Bertz CT molecular complexity index is 411. The molecule has 0 spiro atoms. The molecule has 1 aromatic rings. The van der Waals surface area contributed by atoms with E-state index < -0.39 is 12.1 Å². The normalized spacial score (nSPS) is 21.2. The van der Waals surface area contributed by atoms with Crippen molar-refractivity contribution in [1.29, 1.82) is 0 Å². The Labute approximate surface area is 104 Å². The summed E-state index contributed by atoms with van der Waals surface area (Å²) >= 11 is 0. The third-order valence-corrected chi connectivity index (χ3v) is 3.14. The van der Waals surface area contributed by atoms with E-state index in [1.165, 1.54) is 0 Å². The molecule has 1 aliphatic heterocycles. The van der Waals surface area contributed by atoms with Crippen molar-refractivity contribution in [3.63, 3.8) is 0 Å². The molecule has 100 valence electrons. The molecular weight excluding hydrogens is 243 g/mol. The zero-order valence-electron chi connectivity index (χ0n) is 10.5. The Morgan fingerprint density at radius 3 is 2.39 bits per heavy atom. The topological polar surface area (TPSA) is 29.0 Å². The van der Waals surface area contributed by atoms with Gasteiger partial charge in [-0.2, -0.15) is 13.2 Å². The van der Waals surface area contributed by atoms with Crippen LogP contribution in [0.1, 0.15) is 24.2 Å². The fourth-order valence-electron chi connectivity index (χ4n) is 2.27. The predicted molar refractivity (Wildman–Crippen MR) is 62.5 cm³/mol. The van der Waals surface area contributed by atoms with Gasteiger partial charge in [0.25, 0.3) is 0 Å². The number of halogens is 3. The molecule has 0 amide bonds. The molecule has 0 aromatic carbocycles. The maximum Gasteiger partial charge on any atom is 0.393 e. The Morgan fingerprint density at radius 2 is 1.83 bits per heavy atom. The van der Waals surface area contributed by atoms with Gasteiger partial charge in [0.15, 0.2) is 0 Å². The standard InChI is InChI=1S/C12H16F3N3/c1-8-6-9(2)17-11(16-8)18-5-3-4-10(7-18)12(13,14)15/h6,10H,3-5,7H2,1-2H3. The number of rotatable bonds is 1. The summed E-state index contributed by atoms with van der Waals surface area (Å²) in [4.78, 5) is 10.1. The molecule has 0 bridgehead atoms. The van der Waals surface area contributed by atoms with Crippen molar-refractivity contribution in [1.82, 2.24) is 9.97 Å². The largest absolute Gasteiger partial charge is 0.393 e. The van der Waals surface area contributed by atoms with E-state index in [-0.39, 0.29) is 13.0 Å². The van der Waals surface area contributed by atoms with Gasteiger partial charge in [0.1, 0.15) is 0 Å². The molecule has 1 saturated heterocycles. The first-order valence-corrected chi connectivity index (χ1v) is 6.00. The van der Waals surface area contributed by atoms with Gasteiger partial charge < -0.3 is 4.90 Å². The van der Waals surface area contributed by atoms with Crippen LogP contribution in [0.15, 0.2) is 6.07 Å². The number of piperidine rings is 1. The summed E-state index contributed by atoms with van der Waals surface area (Å²) in [5, 5.41) is 0. The molecule has 3 nitrogen and oxygen atoms in total. The van der Waals surface area contributed by atoms with E-state index in [9.17, 15) is 13.2 Å². The maximum atomic E-state index is 12.7. The molecule has 18 heavy (non-hydrogen) atoms. The highest BCUT2D eigenvalue weighted by atomic mass is 19.4. The highest BCUT2D eigenvalue weighted by Gasteiger charge is 2.42. The summed E-state index contributed by atoms with van der Waals surface area (Å²) < 4.78 is 38.2. The van der Waals surface area contributed by atoms with Crippen molar-refractivity contribution < 1.29 is 13.2 Å². The molecule has 1 aliphatic rings. The zero-order valence-corrected chi connectivity index (χ0v) is 10.5. The second-order valence-corrected chi connectivity index (χ2v) is 4.78. The van der Waals surface area contributed by atoms with Crippen LogP contribution in [0, 0.1) is 19.8 Å². The van der Waals surface area contributed by atoms with Crippen LogP contribution < -0.4 is 4.90 Å². The first-order valence-electron chi connectivity index (χ1n) is 6.00. The smallest absolute Gasteiger partial charge is 0.340 e. The van der Waals surface area contributed by atoms with E-state index in [0.717, 1.165) is 11.4 Å². The molecule has 1 fully saturated rings. The first kappa shape index (κ1) is 13.1. The van der Waals surface area contributed by atoms with Gasteiger partial charge in [-0.3, -0.25) is 0 Å². The lowest BCUT2D eigenvalue weighted by Gasteiger charge is -2.33. The van der Waals surface area contributed by atoms with Crippen molar-refractivity contribution in [2.75, 3.05) is 18.0 Å². The number of aryl methyl sites for hydroxylation is 2. The van der Waals surface area contributed by atoms with Crippen LogP contribution in [0.5, 0.6) is 0 Å². The van der Waals surface area contributed by atoms with Gasteiger partial charge in [-0.25, -0.2) is 9.97 Å². The summed E-state index contributed by atoms with van der Waals surface area (Å²) in [6, 6.07) is 1.81. The van der Waals surface area contributed by atoms with E-state index in [1.807, 2.05) is 19.9 Å². The summed E-state index contributed by atoms with van der Waals surface area (Å²) in [5.41, 5.74) is 1.57. The van der Waals surface area contributed by atoms with Crippen LogP contribution in [0.3, 0.4) is 0 Å². The number of alkyl halides is 3. The number of hydrogen-bond donors (Lipinski definition) is 0. The molecule has 2 rings (SSSR count). The summed E-state index contributed by atoms with van der Waals surface area (Å²) in [5.74, 6) is -0.850. The number of anilines is 1. The van der Waals surface area contributed by atoms with Crippen LogP contribution in [0.2, 0.25) is 0 Å².